The molecule has 1 heterocycles. The van der Waals surface area contributed by atoms with Crippen molar-refractivity contribution in [3.05, 3.63) is 22.4 Å². The molecule has 0 saturated carbocycles. The molecule has 0 aliphatic carbocycles. The van der Waals surface area contributed by atoms with E-state index in [9.17, 15) is 9.90 Å². The Morgan fingerprint density at radius 2 is 2.35 bits per heavy atom. The highest BCUT2D eigenvalue weighted by atomic mass is 35.5. The van der Waals surface area contributed by atoms with E-state index < -0.39 is 12.1 Å². The molecule has 0 radical (unpaired) electrons. The Balaban J connectivity index is 0.00000361. The van der Waals surface area contributed by atoms with Gasteiger partial charge in [-0.2, -0.15) is 11.8 Å². The molecule has 0 aliphatic heterocycles. The van der Waals surface area contributed by atoms with Gasteiger partial charge in [-0.15, -0.1) is 23.7 Å². The minimum Gasteiger partial charge on any atom is -0.382 e. The molecule has 0 fully saturated rings. The van der Waals surface area contributed by atoms with Gasteiger partial charge in [-0.05, 0) is 35.8 Å². The first-order chi connectivity index (χ1) is 9.15. The van der Waals surface area contributed by atoms with Gasteiger partial charge in [0.1, 0.15) is 6.10 Å². The molecule has 0 aliphatic rings. The van der Waals surface area contributed by atoms with Gasteiger partial charge in [0.15, 0.2) is 0 Å². The molecule has 0 saturated heterocycles. The van der Waals surface area contributed by atoms with Crippen LogP contribution in [0.25, 0.3) is 0 Å². The van der Waals surface area contributed by atoms with Gasteiger partial charge in [0.25, 0.3) is 0 Å². The quantitative estimate of drug-likeness (QED) is 0.599. The van der Waals surface area contributed by atoms with E-state index in [0.717, 1.165) is 17.9 Å². The van der Waals surface area contributed by atoms with Gasteiger partial charge in [0.2, 0.25) is 5.91 Å². The van der Waals surface area contributed by atoms with Crippen LogP contribution in [0.3, 0.4) is 0 Å². The lowest BCUT2D eigenvalue weighted by Crippen LogP contribution is -2.47. The van der Waals surface area contributed by atoms with E-state index in [1.165, 1.54) is 4.88 Å². The minimum absolute atomic E-state index is 0. The van der Waals surface area contributed by atoms with E-state index in [4.69, 9.17) is 5.73 Å². The molecule has 1 amide bonds. The lowest BCUT2D eigenvalue weighted by Gasteiger charge is -2.18. The predicted molar refractivity (Wildman–Crippen MR) is 89.9 cm³/mol. The fourth-order valence-corrected chi connectivity index (χ4v) is 3.02. The first-order valence-electron chi connectivity index (χ1n) is 6.46. The van der Waals surface area contributed by atoms with Crippen LogP contribution in [0.2, 0.25) is 0 Å². The number of carbonyl (C=O) groups excluding carboxylic acids is 1. The fraction of sp³-hybridized carbons (Fsp3) is 0.615. The number of thiophene rings is 1. The van der Waals surface area contributed by atoms with Crippen molar-refractivity contribution in [1.82, 2.24) is 5.32 Å². The van der Waals surface area contributed by atoms with Crippen molar-refractivity contribution < 1.29 is 9.90 Å². The Labute approximate surface area is 134 Å². The SMILES string of the molecule is CCSCCC(N)C(O)C(=O)NCCc1cccs1.Cl. The molecule has 2 unspecified atom stereocenters. The summed E-state index contributed by atoms with van der Waals surface area (Å²) < 4.78 is 0. The second-order valence-corrected chi connectivity index (χ2v) is 6.64. The monoisotopic (exact) mass is 338 g/mol. The average Bonchev–Trinajstić information content (AvgIpc) is 2.91. The molecule has 0 bridgehead atoms. The molecule has 116 valence electrons. The molecule has 1 aromatic heterocycles. The van der Waals surface area contributed by atoms with Crippen LogP contribution < -0.4 is 11.1 Å². The highest BCUT2D eigenvalue weighted by Gasteiger charge is 2.21. The zero-order chi connectivity index (χ0) is 14.1. The van der Waals surface area contributed by atoms with Crippen molar-refractivity contribution >= 4 is 41.4 Å². The summed E-state index contributed by atoms with van der Waals surface area (Å²) in [6.07, 6.45) is 0.329. The number of aliphatic hydroxyl groups excluding tert-OH is 1. The average molecular weight is 339 g/mol. The fourth-order valence-electron chi connectivity index (χ4n) is 1.58. The summed E-state index contributed by atoms with van der Waals surface area (Å²) in [4.78, 5) is 12.9. The third-order valence-electron chi connectivity index (χ3n) is 2.72. The second kappa shape index (κ2) is 11.4. The second-order valence-electron chi connectivity index (χ2n) is 4.21. The molecule has 1 rings (SSSR count). The van der Waals surface area contributed by atoms with Crippen LogP contribution in [0.5, 0.6) is 0 Å². The third kappa shape index (κ3) is 7.50. The van der Waals surface area contributed by atoms with Crippen molar-refractivity contribution in [2.45, 2.75) is 31.9 Å². The van der Waals surface area contributed by atoms with Gasteiger partial charge in [0.05, 0.1) is 0 Å². The Hall–Kier alpha value is -0.270. The van der Waals surface area contributed by atoms with Crippen LogP contribution in [-0.2, 0) is 11.2 Å². The zero-order valence-electron chi connectivity index (χ0n) is 11.6. The van der Waals surface area contributed by atoms with Crippen LogP contribution in [0.15, 0.2) is 17.5 Å². The zero-order valence-corrected chi connectivity index (χ0v) is 14.0. The van der Waals surface area contributed by atoms with E-state index in [0.29, 0.717) is 13.0 Å². The number of hydrogen-bond acceptors (Lipinski definition) is 5. The van der Waals surface area contributed by atoms with Gasteiger partial charge in [0, 0.05) is 17.5 Å². The molecule has 0 spiro atoms. The third-order valence-corrected chi connectivity index (χ3v) is 4.59. The van der Waals surface area contributed by atoms with Gasteiger partial charge in [-0.1, -0.05) is 13.0 Å². The van der Waals surface area contributed by atoms with Gasteiger partial charge in [-0.3, -0.25) is 4.79 Å². The smallest absolute Gasteiger partial charge is 0.250 e. The highest BCUT2D eigenvalue weighted by molar-refractivity contribution is 7.99. The Bertz CT molecular complexity index is 363. The lowest BCUT2D eigenvalue weighted by molar-refractivity contribution is -0.130. The number of thioether (sulfide) groups is 1. The predicted octanol–water partition coefficient (Wildman–Crippen LogP) is 1.66. The Morgan fingerprint density at radius 3 is 2.95 bits per heavy atom. The topological polar surface area (TPSA) is 75.3 Å². The number of nitrogens with one attached hydrogen (secondary N) is 1. The van der Waals surface area contributed by atoms with E-state index in [1.807, 2.05) is 17.5 Å². The maximum Gasteiger partial charge on any atom is 0.250 e. The van der Waals surface area contributed by atoms with E-state index >= 15 is 0 Å². The number of carbonyl (C=O) groups is 1. The number of amides is 1. The largest absolute Gasteiger partial charge is 0.382 e. The minimum atomic E-state index is -1.11. The number of rotatable bonds is 9. The van der Waals surface area contributed by atoms with Crippen molar-refractivity contribution in [2.24, 2.45) is 5.73 Å². The molecule has 1 aromatic rings. The van der Waals surface area contributed by atoms with Crippen molar-refractivity contribution in [3.8, 4) is 0 Å². The number of halogens is 1. The molecule has 4 N–H and O–H groups in total. The summed E-state index contributed by atoms with van der Waals surface area (Å²) in [5, 5.41) is 14.5. The highest BCUT2D eigenvalue weighted by Crippen LogP contribution is 2.08. The molecule has 2 atom stereocenters. The van der Waals surface area contributed by atoms with E-state index in [-0.39, 0.29) is 18.3 Å². The van der Waals surface area contributed by atoms with Crippen LogP contribution in [-0.4, -0.2) is 41.2 Å². The summed E-state index contributed by atoms with van der Waals surface area (Å²) >= 11 is 3.42. The molecular formula is C13H23ClN2O2S2. The van der Waals surface area contributed by atoms with Gasteiger partial charge in [-0.25, -0.2) is 0 Å². The van der Waals surface area contributed by atoms with Crippen LogP contribution in [0.4, 0.5) is 0 Å². The van der Waals surface area contributed by atoms with Crippen LogP contribution in [0, 0.1) is 0 Å². The van der Waals surface area contributed by atoms with Crippen molar-refractivity contribution in [2.75, 3.05) is 18.1 Å². The van der Waals surface area contributed by atoms with Crippen LogP contribution in [0.1, 0.15) is 18.2 Å². The summed E-state index contributed by atoms with van der Waals surface area (Å²) in [5.74, 6) is 1.53. The molecular weight excluding hydrogens is 316 g/mol. The van der Waals surface area contributed by atoms with Gasteiger partial charge >= 0.3 is 0 Å². The molecule has 4 nitrogen and oxygen atoms in total. The lowest BCUT2D eigenvalue weighted by atomic mass is 10.1. The standard InChI is InChI=1S/C13H22N2O2S2.ClH/c1-2-18-9-6-11(14)12(16)13(17)15-7-5-10-4-3-8-19-10;/h3-4,8,11-12,16H,2,5-7,9,14H2,1H3,(H,15,17);1H. The summed E-state index contributed by atoms with van der Waals surface area (Å²) in [7, 11) is 0. The Morgan fingerprint density at radius 1 is 1.60 bits per heavy atom. The normalized spacial score (nSPS) is 13.3. The van der Waals surface area contributed by atoms with Crippen molar-refractivity contribution in [1.29, 1.82) is 0 Å². The van der Waals surface area contributed by atoms with E-state index in [2.05, 4.69) is 12.2 Å². The molecule has 7 heteroatoms. The molecule has 20 heavy (non-hydrogen) atoms. The molecule has 0 aromatic carbocycles. The first kappa shape index (κ1) is 19.7. The van der Waals surface area contributed by atoms with E-state index in [1.54, 1.807) is 23.1 Å². The van der Waals surface area contributed by atoms with Gasteiger partial charge < -0.3 is 16.2 Å². The Kier molecular flexibility index (Phi) is 11.2. The number of hydrogen-bond donors (Lipinski definition) is 3. The van der Waals surface area contributed by atoms with Crippen molar-refractivity contribution in [3.63, 3.8) is 0 Å². The van der Waals surface area contributed by atoms with Crippen LogP contribution >= 0.6 is 35.5 Å². The first-order valence-corrected chi connectivity index (χ1v) is 8.50. The summed E-state index contributed by atoms with van der Waals surface area (Å²) in [5.41, 5.74) is 5.80. The summed E-state index contributed by atoms with van der Waals surface area (Å²) in [6.45, 7) is 2.61. The maximum atomic E-state index is 11.7. The number of nitrogens with two attached hydrogens (primary N) is 1. The number of aliphatic hydroxyl groups is 1. The summed E-state index contributed by atoms with van der Waals surface area (Å²) in [6, 6.07) is 3.53. The maximum absolute atomic E-state index is 11.7.